The molecule has 0 radical (unpaired) electrons. The van der Waals surface area contributed by atoms with Crippen molar-refractivity contribution in [3.8, 4) is 0 Å². The van der Waals surface area contributed by atoms with Crippen molar-refractivity contribution < 1.29 is 4.74 Å². The van der Waals surface area contributed by atoms with Crippen molar-refractivity contribution in [1.29, 1.82) is 0 Å². The molecule has 2 rings (SSSR count). The van der Waals surface area contributed by atoms with Crippen molar-refractivity contribution in [2.45, 2.75) is 44.7 Å². The van der Waals surface area contributed by atoms with Crippen molar-refractivity contribution in [2.75, 3.05) is 13.7 Å². The lowest BCUT2D eigenvalue weighted by molar-refractivity contribution is 0.164. The van der Waals surface area contributed by atoms with Gasteiger partial charge in [0.1, 0.15) is 0 Å². The Hall–Kier alpha value is -0.860. The van der Waals surface area contributed by atoms with Gasteiger partial charge in [-0.15, -0.1) is 0 Å². The molecule has 1 unspecified atom stereocenters. The molecule has 1 N–H and O–H groups in total. The highest BCUT2D eigenvalue weighted by atomic mass is 16.5. The minimum Gasteiger partial charge on any atom is -0.383 e. The molecule has 1 aliphatic carbocycles. The van der Waals surface area contributed by atoms with E-state index in [1.165, 1.54) is 24.0 Å². The Morgan fingerprint density at radius 2 is 2.24 bits per heavy atom. The van der Waals surface area contributed by atoms with E-state index in [1.54, 1.807) is 7.11 Å². The van der Waals surface area contributed by atoms with Crippen molar-refractivity contribution >= 4 is 0 Å². The van der Waals surface area contributed by atoms with Crippen LogP contribution < -0.4 is 5.32 Å². The van der Waals surface area contributed by atoms with Gasteiger partial charge in [-0.25, -0.2) is 0 Å². The summed E-state index contributed by atoms with van der Waals surface area (Å²) in [6.07, 6.45) is 3.85. The molecule has 94 valence electrons. The molecule has 0 heterocycles. The third-order valence-electron chi connectivity index (χ3n) is 3.46. The maximum Gasteiger partial charge on any atom is 0.0615 e. The molecule has 1 aliphatic rings. The lowest BCUT2D eigenvalue weighted by atomic mass is 10.1. The quantitative estimate of drug-likeness (QED) is 0.781. The average molecular weight is 233 g/mol. The molecule has 0 amide bonds. The largest absolute Gasteiger partial charge is 0.383 e. The number of hydrogen-bond donors (Lipinski definition) is 1. The summed E-state index contributed by atoms with van der Waals surface area (Å²) in [5.74, 6) is 0.843. The van der Waals surface area contributed by atoms with Gasteiger partial charge in [0.2, 0.25) is 0 Å². The van der Waals surface area contributed by atoms with Crippen LogP contribution in [0.25, 0.3) is 0 Å². The van der Waals surface area contributed by atoms with Gasteiger partial charge < -0.3 is 10.1 Å². The van der Waals surface area contributed by atoms with Crippen molar-refractivity contribution in [3.63, 3.8) is 0 Å². The molecule has 0 aliphatic heterocycles. The van der Waals surface area contributed by atoms with Crippen LogP contribution in [-0.2, 0) is 11.3 Å². The summed E-state index contributed by atoms with van der Waals surface area (Å²) in [5.41, 5.74) is 2.91. The summed E-state index contributed by atoms with van der Waals surface area (Å²) in [7, 11) is 1.76. The van der Waals surface area contributed by atoms with Crippen LogP contribution in [0.4, 0.5) is 0 Å². The highest BCUT2D eigenvalue weighted by molar-refractivity contribution is 5.29. The fraction of sp³-hybridized carbons (Fsp3) is 0.600. The Labute approximate surface area is 104 Å². The monoisotopic (exact) mass is 233 g/mol. The molecule has 0 saturated heterocycles. The van der Waals surface area contributed by atoms with Gasteiger partial charge in [-0.3, -0.25) is 0 Å². The van der Waals surface area contributed by atoms with Gasteiger partial charge in [-0.05, 0) is 36.3 Å². The molecule has 1 atom stereocenters. The zero-order valence-electron chi connectivity index (χ0n) is 10.9. The smallest absolute Gasteiger partial charge is 0.0615 e. The minimum absolute atomic E-state index is 0.463. The van der Waals surface area contributed by atoms with Crippen LogP contribution in [-0.4, -0.2) is 19.8 Å². The molecule has 2 heteroatoms. The van der Waals surface area contributed by atoms with Crippen LogP contribution in [0.1, 0.15) is 43.2 Å². The number of nitrogens with one attached hydrogen (secondary N) is 1. The lowest BCUT2D eigenvalue weighted by Crippen LogP contribution is -2.32. The molecular weight excluding hydrogens is 210 g/mol. The molecule has 2 nitrogen and oxygen atoms in total. The summed E-state index contributed by atoms with van der Waals surface area (Å²) in [5, 5.41) is 3.55. The predicted molar refractivity (Wildman–Crippen MR) is 71.2 cm³/mol. The van der Waals surface area contributed by atoms with E-state index < -0.39 is 0 Å². The minimum atomic E-state index is 0.463. The average Bonchev–Trinajstić information content (AvgIpc) is 3.19. The molecule has 1 aromatic rings. The first-order valence-electron chi connectivity index (χ1n) is 6.64. The topological polar surface area (TPSA) is 21.3 Å². The Bertz CT molecular complexity index is 347. The van der Waals surface area contributed by atoms with Crippen LogP contribution in [0.5, 0.6) is 0 Å². The van der Waals surface area contributed by atoms with E-state index in [9.17, 15) is 0 Å². The zero-order chi connectivity index (χ0) is 12.1. The molecule has 1 aromatic carbocycles. The molecule has 1 fully saturated rings. The van der Waals surface area contributed by atoms with E-state index in [0.29, 0.717) is 6.04 Å². The molecule has 0 spiro atoms. The van der Waals surface area contributed by atoms with E-state index in [2.05, 4.69) is 36.5 Å². The number of methoxy groups -OCH3 is 1. The zero-order valence-corrected chi connectivity index (χ0v) is 10.9. The fourth-order valence-corrected chi connectivity index (χ4v) is 2.16. The normalized spacial score (nSPS) is 17.1. The number of benzene rings is 1. The predicted octanol–water partition coefficient (Wildman–Crippen LogP) is 3.08. The van der Waals surface area contributed by atoms with Crippen LogP contribution in [0.3, 0.4) is 0 Å². The van der Waals surface area contributed by atoms with Gasteiger partial charge in [0.15, 0.2) is 0 Å². The lowest BCUT2D eigenvalue weighted by Gasteiger charge is -2.16. The SMILES string of the molecule is CCC(COC)NCc1cccc(C2CC2)c1. The molecule has 1 saturated carbocycles. The van der Waals surface area contributed by atoms with Gasteiger partial charge in [0, 0.05) is 19.7 Å². The second-order valence-electron chi connectivity index (χ2n) is 4.96. The van der Waals surface area contributed by atoms with Gasteiger partial charge in [0.25, 0.3) is 0 Å². The Kier molecular flexibility index (Phi) is 4.57. The van der Waals surface area contributed by atoms with E-state index in [4.69, 9.17) is 4.74 Å². The van der Waals surface area contributed by atoms with E-state index in [0.717, 1.165) is 25.5 Å². The van der Waals surface area contributed by atoms with E-state index in [-0.39, 0.29) is 0 Å². The maximum absolute atomic E-state index is 5.19. The van der Waals surface area contributed by atoms with Crippen molar-refractivity contribution in [2.24, 2.45) is 0 Å². The van der Waals surface area contributed by atoms with Crippen LogP contribution >= 0.6 is 0 Å². The summed E-state index contributed by atoms with van der Waals surface area (Å²) >= 11 is 0. The van der Waals surface area contributed by atoms with E-state index >= 15 is 0 Å². The Morgan fingerprint density at radius 1 is 1.41 bits per heavy atom. The maximum atomic E-state index is 5.19. The van der Waals surface area contributed by atoms with E-state index in [1.807, 2.05) is 0 Å². The van der Waals surface area contributed by atoms with Gasteiger partial charge in [0.05, 0.1) is 6.61 Å². The third kappa shape index (κ3) is 3.83. The summed E-state index contributed by atoms with van der Waals surface area (Å²) < 4.78 is 5.19. The number of hydrogen-bond acceptors (Lipinski definition) is 2. The second kappa shape index (κ2) is 6.18. The van der Waals surface area contributed by atoms with Crippen molar-refractivity contribution in [1.82, 2.24) is 5.32 Å². The van der Waals surface area contributed by atoms with Gasteiger partial charge in [-0.2, -0.15) is 0 Å². The summed E-state index contributed by atoms with van der Waals surface area (Å²) in [4.78, 5) is 0. The van der Waals surface area contributed by atoms with Gasteiger partial charge in [-0.1, -0.05) is 31.2 Å². The highest BCUT2D eigenvalue weighted by Gasteiger charge is 2.23. The summed E-state index contributed by atoms with van der Waals surface area (Å²) in [6.45, 7) is 3.93. The molecular formula is C15H23NO. The van der Waals surface area contributed by atoms with Crippen LogP contribution in [0.2, 0.25) is 0 Å². The standard InChI is InChI=1S/C15H23NO/c1-3-15(11-17-2)16-10-12-5-4-6-14(9-12)13-7-8-13/h4-6,9,13,15-16H,3,7-8,10-11H2,1-2H3. The first-order valence-corrected chi connectivity index (χ1v) is 6.64. The summed E-state index contributed by atoms with van der Waals surface area (Å²) in [6, 6.07) is 9.46. The van der Waals surface area contributed by atoms with Crippen LogP contribution in [0.15, 0.2) is 24.3 Å². The molecule has 0 bridgehead atoms. The Balaban J connectivity index is 1.87. The first kappa shape index (κ1) is 12.6. The van der Waals surface area contributed by atoms with Crippen LogP contribution in [0, 0.1) is 0 Å². The van der Waals surface area contributed by atoms with Gasteiger partial charge >= 0.3 is 0 Å². The fourth-order valence-electron chi connectivity index (χ4n) is 2.16. The molecule has 17 heavy (non-hydrogen) atoms. The number of ether oxygens (including phenoxy) is 1. The highest BCUT2D eigenvalue weighted by Crippen LogP contribution is 2.40. The third-order valence-corrected chi connectivity index (χ3v) is 3.46. The Morgan fingerprint density at radius 3 is 2.88 bits per heavy atom. The first-order chi connectivity index (χ1) is 8.33. The van der Waals surface area contributed by atoms with Crippen molar-refractivity contribution in [3.05, 3.63) is 35.4 Å². The second-order valence-corrected chi connectivity index (χ2v) is 4.96. The molecule has 0 aromatic heterocycles. The number of rotatable bonds is 7.